The number of ether oxygens (including phenoxy) is 1. The van der Waals surface area contributed by atoms with Gasteiger partial charge in [-0.15, -0.1) is 0 Å². The molecular weight excluding hydrogens is 302 g/mol. The first-order valence-electron chi connectivity index (χ1n) is 7.94. The smallest absolute Gasteiger partial charge is 0.407 e. The number of hydrogen-bond donors (Lipinski definition) is 2. The molecule has 1 amide bonds. The number of aliphatic hydroxyl groups is 1. The highest BCUT2D eigenvalue weighted by atomic mass is 35.5. The minimum atomic E-state index is -0.931. The summed E-state index contributed by atoms with van der Waals surface area (Å²) >= 11 is 6.06. The number of halogens is 1. The number of nitrogens with one attached hydrogen (secondary N) is 1. The molecule has 0 aromatic heterocycles. The third-order valence-corrected chi connectivity index (χ3v) is 5.35. The predicted octanol–water partition coefficient (Wildman–Crippen LogP) is 3.68. The van der Waals surface area contributed by atoms with Gasteiger partial charge in [0.2, 0.25) is 0 Å². The van der Waals surface area contributed by atoms with Gasteiger partial charge in [0.05, 0.1) is 0 Å². The molecule has 2 saturated carbocycles. The molecule has 4 nitrogen and oxygen atoms in total. The van der Waals surface area contributed by atoms with Gasteiger partial charge in [0.15, 0.2) is 0 Å². The van der Waals surface area contributed by atoms with Gasteiger partial charge in [0, 0.05) is 16.6 Å². The number of carbonyl (C=O) groups excluding carboxylic acids is 1. The third kappa shape index (κ3) is 3.23. The van der Waals surface area contributed by atoms with Crippen molar-refractivity contribution in [3.63, 3.8) is 0 Å². The van der Waals surface area contributed by atoms with E-state index in [4.69, 9.17) is 16.3 Å². The molecule has 3 rings (SSSR count). The van der Waals surface area contributed by atoms with Crippen LogP contribution in [0.2, 0.25) is 5.02 Å². The van der Waals surface area contributed by atoms with Crippen molar-refractivity contribution in [3.8, 4) is 0 Å². The maximum Gasteiger partial charge on any atom is 0.407 e. The van der Waals surface area contributed by atoms with E-state index in [-0.39, 0.29) is 6.04 Å². The van der Waals surface area contributed by atoms with Crippen LogP contribution in [0.3, 0.4) is 0 Å². The first-order chi connectivity index (χ1) is 10.5. The van der Waals surface area contributed by atoms with Crippen LogP contribution in [0.15, 0.2) is 24.3 Å². The lowest BCUT2D eigenvalue weighted by atomic mass is 9.96. The van der Waals surface area contributed by atoms with E-state index in [1.807, 2.05) is 0 Å². The molecule has 0 radical (unpaired) electrons. The minimum Gasteiger partial charge on any atom is -0.443 e. The van der Waals surface area contributed by atoms with E-state index in [9.17, 15) is 9.90 Å². The Hall–Kier alpha value is -1.26. The van der Waals surface area contributed by atoms with Gasteiger partial charge in [-0.1, -0.05) is 36.2 Å². The Balaban J connectivity index is 1.53. The third-order valence-electron chi connectivity index (χ3n) is 5.00. The van der Waals surface area contributed by atoms with Crippen molar-refractivity contribution >= 4 is 17.7 Å². The van der Waals surface area contributed by atoms with Gasteiger partial charge in [-0.25, -0.2) is 4.79 Å². The van der Waals surface area contributed by atoms with E-state index in [2.05, 4.69) is 5.32 Å². The molecule has 2 aliphatic rings. The zero-order valence-corrected chi connectivity index (χ0v) is 13.4. The second kappa shape index (κ2) is 6.47. The standard InChI is InChI=1S/C17H22ClNO3/c1-10(16(20)13-4-2-3-5-14(13)18)22-17(21)19-15-9-11-6-7-12(15)8-11/h2-5,10-12,15-16,20H,6-9H2,1H3,(H,19,21). The molecule has 1 aromatic rings. The molecule has 22 heavy (non-hydrogen) atoms. The average Bonchev–Trinajstić information content (AvgIpc) is 3.09. The molecule has 0 aliphatic heterocycles. The van der Waals surface area contributed by atoms with Crippen molar-refractivity contribution in [2.75, 3.05) is 0 Å². The predicted molar refractivity (Wildman–Crippen MR) is 84.7 cm³/mol. The summed E-state index contributed by atoms with van der Waals surface area (Å²) in [5.74, 6) is 1.36. The van der Waals surface area contributed by atoms with Crippen molar-refractivity contribution in [3.05, 3.63) is 34.9 Å². The Morgan fingerprint density at radius 2 is 2.14 bits per heavy atom. The van der Waals surface area contributed by atoms with Crippen LogP contribution in [0.1, 0.15) is 44.3 Å². The van der Waals surface area contributed by atoms with Crippen LogP contribution in [-0.2, 0) is 4.74 Å². The summed E-state index contributed by atoms with van der Waals surface area (Å²) < 4.78 is 5.33. The number of benzene rings is 1. The van der Waals surface area contributed by atoms with Crippen LogP contribution in [-0.4, -0.2) is 23.3 Å². The van der Waals surface area contributed by atoms with E-state index in [1.54, 1.807) is 31.2 Å². The van der Waals surface area contributed by atoms with Crippen molar-refractivity contribution < 1.29 is 14.6 Å². The van der Waals surface area contributed by atoms with E-state index < -0.39 is 18.3 Å². The van der Waals surface area contributed by atoms with Gasteiger partial charge in [-0.3, -0.25) is 0 Å². The first-order valence-corrected chi connectivity index (χ1v) is 8.32. The summed E-state index contributed by atoms with van der Waals surface area (Å²) in [4.78, 5) is 12.0. The summed E-state index contributed by atoms with van der Waals surface area (Å²) in [6.07, 6.45) is 2.74. The monoisotopic (exact) mass is 323 g/mol. The maximum atomic E-state index is 12.0. The molecule has 5 heteroatoms. The first kappa shape index (κ1) is 15.6. The summed E-state index contributed by atoms with van der Waals surface area (Å²) in [5.41, 5.74) is 0.574. The Kier molecular flexibility index (Phi) is 4.59. The quantitative estimate of drug-likeness (QED) is 0.888. The summed E-state index contributed by atoms with van der Waals surface area (Å²) in [6, 6.07) is 7.28. The Morgan fingerprint density at radius 3 is 2.77 bits per heavy atom. The van der Waals surface area contributed by atoms with E-state index >= 15 is 0 Å². The zero-order valence-electron chi connectivity index (χ0n) is 12.7. The molecule has 1 aromatic carbocycles. The van der Waals surface area contributed by atoms with Crippen LogP contribution >= 0.6 is 11.6 Å². The topological polar surface area (TPSA) is 58.6 Å². The fourth-order valence-corrected chi connectivity index (χ4v) is 4.06. The van der Waals surface area contributed by atoms with E-state index in [1.165, 1.54) is 19.3 Å². The zero-order chi connectivity index (χ0) is 15.7. The molecule has 2 aliphatic carbocycles. The highest BCUT2D eigenvalue weighted by Crippen LogP contribution is 2.44. The fraction of sp³-hybridized carbons (Fsp3) is 0.588. The normalized spacial score (nSPS) is 29.1. The molecule has 5 atom stereocenters. The highest BCUT2D eigenvalue weighted by Gasteiger charge is 2.40. The van der Waals surface area contributed by atoms with Crippen molar-refractivity contribution in [2.24, 2.45) is 11.8 Å². The lowest BCUT2D eigenvalue weighted by Gasteiger charge is -2.25. The van der Waals surface area contributed by atoms with Gasteiger partial charge in [-0.2, -0.15) is 0 Å². The van der Waals surface area contributed by atoms with Crippen LogP contribution < -0.4 is 5.32 Å². The van der Waals surface area contributed by atoms with Crippen molar-refractivity contribution in [1.82, 2.24) is 5.32 Å². The molecule has 120 valence electrons. The van der Waals surface area contributed by atoms with E-state index in [0.29, 0.717) is 16.5 Å². The Morgan fingerprint density at radius 1 is 1.36 bits per heavy atom. The van der Waals surface area contributed by atoms with Crippen LogP contribution in [0.25, 0.3) is 0 Å². The number of fused-ring (bicyclic) bond motifs is 2. The van der Waals surface area contributed by atoms with Gasteiger partial charge < -0.3 is 15.2 Å². The fourth-order valence-electron chi connectivity index (χ4n) is 3.81. The van der Waals surface area contributed by atoms with Crippen LogP contribution in [0, 0.1) is 11.8 Å². The van der Waals surface area contributed by atoms with Crippen molar-refractivity contribution in [2.45, 2.75) is 50.9 Å². The molecule has 2 N–H and O–H groups in total. The summed E-state index contributed by atoms with van der Waals surface area (Å²) in [5, 5.41) is 13.7. The number of rotatable bonds is 4. The van der Waals surface area contributed by atoms with Crippen molar-refractivity contribution in [1.29, 1.82) is 0 Å². The molecule has 0 saturated heterocycles. The van der Waals surface area contributed by atoms with E-state index in [0.717, 1.165) is 12.3 Å². The van der Waals surface area contributed by atoms with Crippen LogP contribution in [0.5, 0.6) is 0 Å². The number of aliphatic hydroxyl groups excluding tert-OH is 1. The molecule has 5 unspecified atom stereocenters. The van der Waals surface area contributed by atoms with Gasteiger partial charge in [0.1, 0.15) is 12.2 Å². The largest absolute Gasteiger partial charge is 0.443 e. The average molecular weight is 324 g/mol. The maximum absolute atomic E-state index is 12.0. The Bertz CT molecular complexity index is 550. The van der Waals surface area contributed by atoms with Gasteiger partial charge in [0.25, 0.3) is 0 Å². The summed E-state index contributed by atoms with van der Waals surface area (Å²) in [6.45, 7) is 1.67. The second-order valence-corrected chi connectivity index (χ2v) is 6.91. The SMILES string of the molecule is CC(OC(=O)NC1CC2CCC1C2)C(O)c1ccccc1Cl. The second-order valence-electron chi connectivity index (χ2n) is 6.50. The molecule has 0 heterocycles. The number of alkyl carbamates (subject to hydrolysis) is 1. The van der Waals surface area contributed by atoms with Gasteiger partial charge in [-0.05, 0) is 44.1 Å². The lowest BCUT2D eigenvalue weighted by Crippen LogP contribution is -2.40. The lowest BCUT2D eigenvalue weighted by molar-refractivity contribution is 0.0100. The summed E-state index contributed by atoms with van der Waals surface area (Å²) in [7, 11) is 0. The number of carbonyl (C=O) groups is 1. The molecule has 0 spiro atoms. The minimum absolute atomic E-state index is 0.232. The Labute approximate surface area is 135 Å². The molecule has 2 fully saturated rings. The molecular formula is C17H22ClNO3. The number of hydrogen-bond acceptors (Lipinski definition) is 3. The molecule has 2 bridgehead atoms. The van der Waals surface area contributed by atoms with Crippen LogP contribution in [0.4, 0.5) is 4.79 Å². The van der Waals surface area contributed by atoms with Gasteiger partial charge >= 0.3 is 6.09 Å². The highest BCUT2D eigenvalue weighted by molar-refractivity contribution is 6.31. The number of amides is 1.